The van der Waals surface area contributed by atoms with Gasteiger partial charge < -0.3 is 5.73 Å². The lowest BCUT2D eigenvalue weighted by Crippen LogP contribution is -1.90. The van der Waals surface area contributed by atoms with E-state index in [1.165, 1.54) is 0 Å². The molecule has 0 saturated heterocycles. The first kappa shape index (κ1) is 14.1. The predicted molar refractivity (Wildman–Crippen MR) is 83.9 cm³/mol. The van der Waals surface area contributed by atoms with Crippen molar-refractivity contribution in [1.82, 2.24) is 0 Å². The summed E-state index contributed by atoms with van der Waals surface area (Å²) < 4.78 is 0.974. The largest absolute Gasteiger partial charge is 0.398 e. The van der Waals surface area contributed by atoms with Crippen LogP contribution in [0.3, 0.4) is 0 Å². The standard InChI is InChI=1S/C13H10BrCl2NS/c1-7-4-13(9(14)6-12(7)17)18-8-2-3-10(15)11(16)5-8/h2-6H,17H2,1H3. The highest BCUT2D eigenvalue weighted by Gasteiger charge is 2.07. The summed E-state index contributed by atoms with van der Waals surface area (Å²) in [5, 5.41) is 1.12. The fraction of sp³-hybridized carbons (Fsp3) is 0.0769. The summed E-state index contributed by atoms with van der Waals surface area (Å²) in [4.78, 5) is 2.13. The Balaban J connectivity index is 2.34. The lowest BCUT2D eigenvalue weighted by Gasteiger charge is -2.08. The van der Waals surface area contributed by atoms with E-state index in [2.05, 4.69) is 15.9 Å². The fourth-order valence-electron chi connectivity index (χ4n) is 1.42. The lowest BCUT2D eigenvalue weighted by atomic mass is 10.2. The van der Waals surface area contributed by atoms with Gasteiger partial charge in [0.2, 0.25) is 0 Å². The van der Waals surface area contributed by atoms with Crippen LogP contribution < -0.4 is 5.73 Å². The smallest absolute Gasteiger partial charge is 0.0603 e. The van der Waals surface area contributed by atoms with E-state index < -0.39 is 0 Å². The average Bonchev–Trinajstić information content (AvgIpc) is 2.31. The van der Waals surface area contributed by atoms with Crippen molar-refractivity contribution in [2.24, 2.45) is 0 Å². The van der Waals surface area contributed by atoms with E-state index in [0.29, 0.717) is 10.0 Å². The summed E-state index contributed by atoms with van der Waals surface area (Å²) in [5.41, 5.74) is 7.68. The van der Waals surface area contributed by atoms with Gasteiger partial charge in [0.25, 0.3) is 0 Å². The van der Waals surface area contributed by atoms with Gasteiger partial charge in [0, 0.05) is 20.0 Å². The molecular formula is C13H10BrCl2NS. The highest BCUT2D eigenvalue weighted by molar-refractivity contribution is 9.10. The van der Waals surface area contributed by atoms with Gasteiger partial charge in [-0.3, -0.25) is 0 Å². The van der Waals surface area contributed by atoms with Crippen molar-refractivity contribution >= 4 is 56.6 Å². The van der Waals surface area contributed by atoms with E-state index in [4.69, 9.17) is 28.9 Å². The maximum Gasteiger partial charge on any atom is 0.0603 e. The minimum atomic E-state index is 0.560. The minimum Gasteiger partial charge on any atom is -0.398 e. The fourth-order valence-corrected chi connectivity index (χ4v) is 3.34. The van der Waals surface area contributed by atoms with E-state index in [9.17, 15) is 0 Å². The van der Waals surface area contributed by atoms with Crippen LogP contribution in [-0.2, 0) is 0 Å². The summed E-state index contributed by atoms with van der Waals surface area (Å²) >= 11 is 17.0. The van der Waals surface area contributed by atoms with Gasteiger partial charge in [-0.25, -0.2) is 0 Å². The summed E-state index contributed by atoms with van der Waals surface area (Å²) in [5.74, 6) is 0. The molecule has 18 heavy (non-hydrogen) atoms. The number of benzene rings is 2. The SMILES string of the molecule is Cc1cc(Sc2ccc(Cl)c(Cl)c2)c(Br)cc1N. The number of halogens is 3. The molecule has 0 aliphatic carbocycles. The van der Waals surface area contributed by atoms with Gasteiger partial charge in [-0.1, -0.05) is 35.0 Å². The first-order valence-corrected chi connectivity index (χ1v) is 7.52. The van der Waals surface area contributed by atoms with Crippen LogP contribution in [0.15, 0.2) is 44.6 Å². The number of hydrogen-bond donors (Lipinski definition) is 1. The molecule has 0 atom stereocenters. The molecule has 0 aliphatic heterocycles. The predicted octanol–water partition coefficient (Wildman–Crippen LogP) is 5.80. The second kappa shape index (κ2) is 5.74. The first-order valence-electron chi connectivity index (χ1n) is 5.16. The first-order chi connectivity index (χ1) is 8.47. The Morgan fingerprint density at radius 1 is 1.11 bits per heavy atom. The van der Waals surface area contributed by atoms with Gasteiger partial charge >= 0.3 is 0 Å². The van der Waals surface area contributed by atoms with Crippen molar-refractivity contribution in [1.29, 1.82) is 0 Å². The van der Waals surface area contributed by atoms with Gasteiger partial charge in [-0.2, -0.15) is 0 Å². The highest BCUT2D eigenvalue weighted by atomic mass is 79.9. The Bertz CT molecular complexity index is 602. The van der Waals surface area contributed by atoms with Crippen molar-refractivity contribution < 1.29 is 0 Å². The molecule has 5 heteroatoms. The Hall–Kier alpha value is -0.350. The van der Waals surface area contributed by atoms with E-state index in [0.717, 1.165) is 25.5 Å². The molecule has 0 bridgehead atoms. The molecule has 0 aromatic heterocycles. The Morgan fingerprint density at radius 3 is 2.50 bits per heavy atom. The molecule has 1 nitrogen and oxygen atoms in total. The zero-order valence-electron chi connectivity index (χ0n) is 9.51. The highest BCUT2D eigenvalue weighted by Crippen LogP contribution is 2.37. The topological polar surface area (TPSA) is 26.0 Å². The molecule has 2 N–H and O–H groups in total. The van der Waals surface area contributed by atoms with Crippen LogP contribution in [0.4, 0.5) is 5.69 Å². The number of nitrogens with two attached hydrogens (primary N) is 1. The van der Waals surface area contributed by atoms with E-state index >= 15 is 0 Å². The van der Waals surface area contributed by atoms with Crippen molar-refractivity contribution in [3.63, 3.8) is 0 Å². The number of nitrogen functional groups attached to an aromatic ring is 1. The van der Waals surface area contributed by atoms with E-state index in [1.807, 2.05) is 31.2 Å². The van der Waals surface area contributed by atoms with Crippen molar-refractivity contribution in [3.05, 3.63) is 50.4 Å². The van der Waals surface area contributed by atoms with E-state index in [-0.39, 0.29) is 0 Å². The zero-order valence-corrected chi connectivity index (χ0v) is 13.4. The average molecular weight is 363 g/mol. The van der Waals surface area contributed by atoms with Crippen molar-refractivity contribution in [2.45, 2.75) is 16.7 Å². The molecule has 0 amide bonds. The Labute approximate surface area is 129 Å². The molecule has 2 aromatic carbocycles. The molecule has 0 saturated carbocycles. The summed E-state index contributed by atoms with van der Waals surface area (Å²) in [6.07, 6.45) is 0. The molecular weight excluding hydrogens is 353 g/mol. The van der Waals surface area contributed by atoms with Gasteiger partial charge in [0.15, 0.2) is 0 Å². The molecule has 0 heterocycles. The van der Waals surface area contributed by atoms with Gasteiger partial charge in [-0.05, 0) is 58.7 Å². The summed E-state index contributed by atoms with van der Waals surface area (Å²) in [6.45, 7) is 1.99. The molecule has 0 radical (unpaired) electrons. The summed E-state index contributed by atoms with van der Waals surface area (Å²) in [6, 6.07) is 9.55. The number of rotatable bonds is 2. The maximum atomic E-state index is 6.00. The van der Waals surface area contributed by atoms with Crippen LogP contribution >= 0.6 is 50.9 Å². The van der Waals surface area contributed by atoms with Crippen LogP contribution in [-0.4, -0.2) is 0 Å². The third-order valence-electron chi connectivity index (χ3n) is 2.44. The molecule has 0 aliphatic rings. The molecule has 94 valence electrons. The molecule has 0 fully saturated rings. The molecule has 2 rings (SSSR count). The maximum absolute atomic E-state index is 6.00. The second-order valence-electron chi connectivity index (χ2n) is 3.82. The third-order valence-corrected chi connectivity index (χ3v) is 5.14. The van der Waals surface area contributed by atoms with Crippen molar-refractivity contribution in [3.8, 4) is 0 Å². The van der Waals surface area contributed by atoms with Crippen LogP contribution in [0, 0.1) is 6.92 Å². The van der Waals surface area contributed by atoms with Gasteiger partial charge in [0.1, 0.15) is 0 Å². The number of hydrogen-bond acceptors (Lipinski definition) is 2. The van der Waals surface area contributed by atoms with Crippen LogP contribution in [0.5, 0.6) is 0 Å². The number of aryl methyl sites for hydroxylation is 1. The van der Waals surface area contributed by atoms with Gasteiger partial charge in [-0.15, -0.1) is 0 Å². The van der Waals surface area contributed by atoms with Crippen LogP contribution in [0.25, 0.3) is 0 Å². The molecule has 2 aromatic rings. The third kappa shape index (κ3) is 3.15. The Kier molecular flexibility index (Phi) is 4.49. The number of anilines is 1. The zero-order chi connectivity index (χ0) is 13.3. The summed E-state index contributed by atoms with van der Waals surface area (Å²) in [7, 11) is 0. The molecule has 0 spiro atoms. The van der Waals surface area contributed by atoms with E-state index in [1.54, 1.807) is 17.8 Å². The van der Waals surface area contributed by atoms with Crippen LogP contribution in [0.2, 0.25) is 10.0 Å². The quantitative estimate of drug-likeness (QED) is 0.683. The Morgan fingerprint density at radius 2 is 1.83 bits per heavy atom. The lowest BCUT2D eigenvalue weighted by molar-refractivity contribution is 1.32. The minimum absolute atomic E-state index is 0.560. The van der Waals surface area contributed by atoms with Crippen molar-refractivity contribution in [2.75, 3.05) is 5.73 Å². The van der Waals surface area contributed by atoms with Gasteiger partial charge in [0.05, 0.1) is 10.0 Å². The normalized spacial score (nSPS) is 10.7. The molecule has 0 unspecified atom stereocenters. The van der Waals surface area contributed by atoms with Crippen LogP contribution in [0.1, 0.15) is 5.56 Å². The second-order valence-corrected chi connectivity index (χ2v) is 6.60. The monoisotopic (exact) mass is 361 g/mol.